The number of carbonyl (C=O) groups excluding carboxylic acids is 2. The van der Waals surface area contributed by atoms with Gasteiger partial charge in [0.25, 0.3) is 0 Å². The second kappa shape index (κ2) is 7.95. The Balaban J connectivity index is 1.06. The van der Waals surface area contributed by atoms with Crippen LogP contribution in [-0.2, 0) is 9.59 Å². The molecular formula is C21H28BrN5O2. The first-order valence-corrected chi connectivity index (χ1v) is 11.4. The van der Waals surface area contributed by atoms with Crippen LogP contribution in [0.25, 0.3) is 0 Å². The first-order chi connectivity index (χ1) is 15.0. The molecule has 0 N–H and O–H groups in total. The first-order valence-electron chi connectivity index (χ1n) is 11.8. The maximum Gasteiger partial charge on any atom is 0.233 e. The van der Waals surface area contributed by atoms with Gasteiger partial charge >= 0.3 is 0 Å². The standard InChI is InChI=1S/C21H28BrN5O2/c22-16-12-23-21(24-13-16)26-9-7-25(8-10-26)5-1-2-6-27-19(28)17-14-3-4-15(11-14)18(17)20(27)29/h12-15,17-18H,1-11H2/t14-,15+,17-,18+/i3D,4D/t3?,4?,14-,15+,17-,18+. The van der Waals surface area contributed by atoms with Gasteiger partial charge < -0.3 is 4.90 Å². The zero-order chi connectivity index (χ0) is 21.7. The number of aromatic nitrogens is 2. The zero-order valence-electron chi connectivity index (χ0n) is 18.4. The van der Waals surface area contributed by atoms with Gasteiger partial charge in [0.05, 0.1) is 16.3 Å². The van der Waals surface area contributed by atoms with Crippen molar-refractivity contribution in [2.45, 2.75) is 32.1 Å². The number of likely N-dealkylation sites (tertiary alicyclic amines) is 1. The molecule has 2 bridgehead atoms. The van der Waals surface area contributed by atoms with Crippen LogP contribution in [0.2, 0.25) is 0 Å². The van der Waals surface area contributed by atoms with Crippen molar-refractivity contribution in [1.82, 2.24) is 19.8 Å². The van der Waals surface area contributed by atoms with Crippen molar-refractivity contribution in [3.05, 3.63) is 16.9 Å². The van der Waals surface area contributed by atoms with Gasteiger partial charge in [-0.15, -0.1) is 0 Å². The number of hydrogen-bond donors (Lipinski definition) is 0. The Morgan fingerprint density at radius 3 is 2.17 bits per heavy atom. The summed E-state index contributed by atoms with van der Waals surface area (Å²) >= 11 is 3.36. The van der Waals surface area contributed by atoms with E-state index in [0.717, 1.165) is 56.0 Å². The van der Waals surface area contributed by atoms with Gasteiger partial charge in [-0.1, -0.05) is 0 Å². The third-order valence-corrected chi connectivity index (χ3v) is 7.34. The molecule has 2 unspecified atom stereocenters. The lowest BCUT2D eigenvalue weighted by atomic mass is 9.81. The van der Waals surface area contributed by atoms with Crippen LogP contribution < -0.4 is 4.90 Å². The van der Waals surface area contributed by atoms with Crippen molar-refractivity contribution in [1.29, 1.82) is 0 Å². The summed E-state index contributed by atoms with van der Waals surface area (Å²) in [6.07, 6.45) is 4.97. The molecule has 156 valence electrons. The van der Waals surface area contributed by atoms with E-state index in [1.165, 1.54) is 4.90 Å². The maximum absolute atomic E-state index is 12.9. The van der Waals surface area contributed by atoms with E-state index in [4.69, 9.17) is 2.74 Å². The highest BCUT2D eigenvalue weighted by atomic mass is 79.9. The number of carbonyl (C=O) groups is 2. The molecule has 2 aliphatic heterocycles. The van der Waals surface area contributed by atoms with E-state index in [2.05, 4.69) is 35.7 Å². The lowest BCUT2D eigenvalue weighted by Gasteiger charge is -2.34. The number of fused-ring (bicyclic) bond motifs is 5. The number of unbranched alkanes of at least 4 members (excludes halogenated alkanes) is 1. The Labute approximate surface area is 182 Å². The number of halogens is 1. The van der Waals surface area contributed by atoms with Crippen LogP contribution in [0.1, 0.15) is 34.8 Å². The molecule has 1 aromatic heterocycles. The third-order valence-electron chi connectivity index (χ3n) is 6.93. The summed E-state index contributed by atoms with van der Waals surface area (Å²) < 4.78 is 17.2. The molecule has 1 aromatic rings. The van der Waals surface area contributed by atoms with E-state index in [1.54, 1.807) is 12.4 Å². The highest BCUT2D eigenvalue weighted by molar-refractivity contribution is 9.10. The van der Waals surface area contributed by atoms with Gasteiger partial charge in [0.2, 0.25) is 17.8 Å². The Hall–Kier alpha value is -1.54. The molecule has 2 saturated carbocycles. The maximum atomic E-state index is 12.9. The molecule has 8 heteroatoms. The lowest BCUT2D eigenvalue weighted by Crippen LogP contribution is -2.47. The van der Waals surface area contributed by atoms with Crippen molar-refractivity contribution in [3.63, 3.8) is 0 Å². The average Bonchev–Trinajstić information content (AvgIpc) is 3.38. The van der Waals surface area contributed by atoms with Crippen molar-refractivity contribution in [3.8, 4) is 0 Å². The van der Waals surface area contributed by atoms with Gasteiger partial charge in [-0.2, -0.15) is 0 Å². The second-order valence-corrected chi connectivity index (χ2v) is 9.48. The number of amides is 2. The summed E-state index contributed by atoms with van der Waals surface area (Å²) in [7, 11) is 0. The minimum absolute atomic E-state index is 0.0743. The van der Waals surface area contributed by atoms with Crippen LogP contribution in [0.5, 0.6) is 0 Å². The van der Waals surface area contributed by atoms with E-state index >= 15 is 0 Å². The summed E-state index contributed by atoms with van der Waals surface area (Å²) in [5, 5.41) is 0. The normalized spacial score (nSPS) is 37.8. The van der Waals surface area contributed by atoms with E-state index < -0.39 is 12.8 Å². The number of anilines is 1. The van der Waals surface area contributed by atoms with Crippen LogP contribution in [0.4, 0.5) is 5.95 Å². The average molecular weight is 464 g/mol. The third kappa shape index (κ3) is 3.58. The summed E-state index contributed by atoms with van der Waals surface area (Å²) in [5.74, 6) is -0.219. The van der Waals surface area contributed by atoms with Crippen LogP contribution in [0, 0.1) is 23.7 Å². The molecule has 0 aromatic carbocycles. The zero-order valence-corrected chi connectivity index (χ0v) is 18.0. The Morgan fingerprint density at radius 2 is 1.55 bits per heavy atom. The summed E-state index contributed by atoms with van der Waals surface area (Å²) in [5.41, 5.74) is 0. The molecule has 4 aliphatic rings. The molecular weight excluding hydrogens is 434 g/mol. The smallest absolute Gasteiger partial charge is 0.233 e. The topological polar surface area (TPSA) is 69.6 Å². The summed E-state index contributed by atoms with van der Waals surface area (Å²) in [4.78, 5) is 40.5. The van der Waals surface area contributed by atoms with Crippen LogP contribution in [0.3, 0.4) is 0 Å². The van der Waals surface area contributed by atoms with E-state index in [1.807, 2.05) is 0 Å². The quantitative estimate of drug-likeness (QED) is 0.475. The van der Waals surface area contributed by atoms with Gasteiger partial charge in [0.1, 0.15) is 0 Å². The molecule has 2 amide bonds. The predicted molar refractivity (Wildman–Crippen MR) is 112 cm³/mol. The largest absolute Gasteiger partial charge is 0.338 e. The highest BCUT2D eigenvalue weighted by Crippen LogP contribution is 2.56. The Morgan fingerprint density at radius 1 is 0.966 bits per heavy atom. The molecule has 6 atom stereocenters. The van der Waals surface area contributed by atoms with Crippen molar-refractivity contribution < 1.29 is 12.3 Å². The van der Waals surface area contributed by atoms with Crippen LogP contribution in [-0.4, -0.2) is 70.9 Å². The fraction of sp³-hybridized carbons (Fsp3) is 0.714. The van der Waals surface area contributed by atoms with Crippen LogP contribution >= 0.6 is 15.9 Å². The Kier molecular flexibility index (Phi) is 4.71. The Bertz CT molecular complexity index is 819. The van der Waals surface area contributed by atoms with Gasteiger partial charge in [-0.05, 0) is 66.4 Å². The number of nitrogens with zero attached hydrogens (tertiary/aromatic N) is 5. The summed E-state index contributed by atoms with van der Waals surface area (Å²) in [6, 6.07) is 0. The molecule has 0 spiro atoms. The van der Waals surface area contributed by atoms with Crippen molar-refractivity contribution in [2.24, 2.45) is 23.7 Å². The van der Waals surface area contributed by atoms with E-state index in [9.17, 15) is 9.59 Å². The summed E-state index contributed by atoms with van der Waals surface area (Å²) in [6.45, 7) is 5.10. The van der Waals surface area contributed by atoms with Crippen molar-refractivity contribution >= 4 is 33.7 Å². The minimum atomic E-state index is -0.510. The second-order valence-electron chi connectivity index (χ2n) is 8.57. The number of rotatable bonds is 6. The molecule has 29 heavy (non-hydrogen) atoms. The van der Waals surface area contributed by atoms with Crippen molar-refractivity contribution in [2.75, 3.05) is 44.2 Å². The molecule has 5 rings (SSSR count). The molecule has 4 fully saturated rings. The fourth-order valence-electron chi connectivity index (χ4n) is 5.43. The van der Waals surface area contributed by atoms with Gasteiger partial charge in [-0.25, -0.2) is 9.97 Å². The fourth-order valence-corrected chi connectivity index (χ4v) is 5.63. The lowest BCUT2D eigenvalue weighted by molar-refractivity contribution is -0.140. The van der Waals surface area contributed by atoms with Gasteiger partial charge in [-0.3, -0.25) is 19.4 Å². The molecule has 2 saturated heterocycles. The molecule has 7 nitrogen and oxygen atoms in total. The minimum Gasteiger partial charge on any atom is -0.338 e. The molecule has 3 heterocycles. The molecule has 0 radical (unpaired) electrons. The predicted octanol–water partition coefficient (Wildman–Crippen LogP) is 2.17. The van der Waals surface area contributed by atoms with E-state index in [-0.39, 0.29) is 35.5 Å². The molecule has 2 aliphatic carbocycles. The monoisotopic (exact) mass is 463 g/mol. The number of hydrogen-bond acceptors (Lipinski definition) is 6. The number of piperazine rings is 1. The number of imide groups is 1. The van der Waals surface area contributed by atoms with Gasteiger partial charge in [0.15, 0.2) is 0 Å². The van der Waals surface area contributed by atoms with Gasteiger partial charge in [0, 0.05) is 47.9 Å². The van der Waals surface area contributed by atoms with E-state index in [0.29, 0.717) is 13.0 Å². The highest BCUT2D eigenvalue weighted by Gasteiger charge is 2.60. The first kappa shape index (κ1) is 17.2. The van der Waals surface area contributed by atoms with Crippen LogP contribution in [0.15, 0.2) is 16.9 Å². The SMILES string of the molecule is [2H]C1C([2H])[C@@H]2C[C@H]1[C@@H]1C(=O)N(CCCCN3CCN(c4ncc(Br)cn4)CC3)C(=O)[C@@H]12.